The van der Waals surface area contributed by atoms with Gasteiger partial charge in [0, 0.05) is 12.5 Å². The third-order valence-electron chi connectivity index (χ3n) is 4.00. The molecule has 1 aliphatic rings. The van der Waals surface area contributed by atoms with E-state index >= 15 is 0 Å². The maximum atomic E-state index is 9.27. The van der Waals surface area contributed by atoms with E-state index in [0.29, 0.717) is 11.9 Å². The highest BCUT2D eigenvalue weighted by Gasteiger charge is 2.17. The fourth-order valence-electron chi connectivity index (χ4n) is 3.04. The van der Waals surface area contributed by atoms with Crippen LogP contribution in [0.15, 0.2) is 0 Å². The summed E-state index contributed by atoms with van der Waals surface area (Å²) in [5.41, 5.74) is 0. The number of hydrogen-bond donors (Lipinski definition) is 1. The van der Waals surface area contributed by atoms with Crippen LogP contribution < -0.4 is 0 Å². The molecule has 1 heterocycles. The van der Waals surface area contributed by atoms with Crippen LogP contribution >= 0.6 is 0 Å². The predicted octanol–water partition coefficient (Wildman–Crippen LogP) is 2.86. The number of hydrogen-bond acceptors (Lipinski definition) is 3. The normalized spacial score (nSPS) is 17.6. The number of aryl methyl sites for hydroxylation is 1. The molecule has 102 valence electrons. The van der Waals surface area contributed by atoms with Crippen LogP contribution in [0.5, 0.6) is 0 Å². The van der Waals surface area contributed by atoms with Gasteiger partial charge in [-0.3, -0.25) is 0 Å². The molecule has 1 saturated carbocycles. The summed E-state index contributed by atoms with van der Waals surface area (Å²) in [6, 6.07) is 0.323. The maximum absolute atomic E-state index is 9.27. The minimum Gasteiger partial charge on any atom is -0.388 e. The quantitative estimate of drug-likeness (QED) is 0.875. The van der Waals surface area contributed by atoms with E-state index in [0.717, 1.165) is 18.2 Å². The van der Waals surface area contributed by atoms with Crippen molar-refractivity contribution in [2.75, 3.05) is 0 Å². The lowest BCUT2D eigenvalue weighted by molar-refractivity contribution is 0.261. The molecule has 1 aromatic heterocycles. The lowest BCUT2D eigenvalue weighted by atomic mass is 9.86. The molecule has 1 fully saturated rings. The van der Waals surface area contributed by atoms with E-state index < -0.39 is 0 Å². The zero-order chi connectivity index (χ0) is 13.0. The van der Waals surface area contributed by atoms with E-state index in [9.17, 15) is 5.11 Å². The Balaban J connectivity index is 1.97. The van der Waals surface area contributed by atoms with E-state index in [1.807, 2.05) is 0 Å². The Morgan fingerprint density at radius 3 is 2.44 bits per heavy atom. The number of rotatable bonds is 5. The number of aliphatic hydroxyl groups excluding tert-OH is 1. The summed E-state index contributed by atoms with van der Waals surface area (Å²) in [6.45, 7) is 4.22. The molecule has 1 N–H and O–H groups in total. The lowest BCUT2D eigenvalue weighted by Crippen LogP contribution is -2.13. The Morgan fingerprint density at radius 2 is 1.83 bits per heavy atom. The van der Waals surface area contributed by atoms with Gasteiger partial charge in [-0.1, -0.05) is 32.1 Å². The molecular formula is C14H25N3O. The molecule has 0 aromatic carbocycles. The second-order valence-electron chi connectivity index (χ2n) is 5.70. The molecule has 0 spiro atoms. The molecule has 0 atom stereocenters. The summed E-state index contributed by atoms with van der Waals surface area (Å²) in [6.07, 6.45) is 9.16. The van der Waals surface area contributed by atoms with Crippen LogP contribution in [0, 0.1) is 5.92 Å². The summed E-state index contributed by atoms with van der Waals surface area (Å²) < 4.78 is 2.09. The molecule has 4 nitrogen and oxygen atoms in total. The largest absolute Gasteiger partial charge is 0.388 e. The van der Waals surface area contributed by atoms with Gasteiger partial charge in [-0.05, 0) is 26.2 Å². The average Bonchev–Trinajstić information content (AvgIpc) is 2.80. The SMILES string of the molecule is CC(C)n1c(CO)nnc1CCC1CCCCC1. The fraction of sp³-hybridized carbons (Fsp3) is 0.857. The van der Waals surface area contributed by atoms with E-state index in [-0.39, 0.29) is 6.61 Å². The zero-order valence-corrected chi connectivity index (χ0v) is 11.6. The Morgan fingerprint density at radius 1 is 1.17 bits per heavy atom. The Hall–Kier alpha value is -0.900. The van der Waals surface area contributed by atoms with Crippen molar-refractivity contribution in [2.24, 2.45) is 5.92 Å². The van der Waals surface area contributed by atoms with E-state index in [2.05, 4.69) is 28.6 Å². The first-order valence-corrected chi connectivity index (χ1v) is 7.26. The number of nitrogens with zero attached hydrogens (tertiary/aromatic N) is 3. The third kappa shape index (κ3) is 3.10. The molecule has 1 aromatic rings. The van der Waals surface area contributed by atoms with Crippen LogP contribution in [0.1, 0.15) is 70.1 Å². The van der Waals surface area contributed by atoms with Crippen LogP contribution in [0.2, 0.25) is 0 Å². The van der Waals surface area contributed by atoms with Gasteiger partial charge in [0.25, 0.3) is 0 Å². The van der Waals surface area contributed by atoms with Crippen LogP contribution in [0.4, 0.5) is 0 Å². The first kappa shape index (κ1) is 13.5. The van der Waals surface area contributed by atoms with Crippen molar-refractivity contribution < 1.29 is 5.11 Å². The Labute approximate surface area is 109 Å². The summed E-state index contributed by atoms with van der Waals surface area (Å²) in [4.78, 5) is 0. The Kier molecular flexibility index (Phi) is 4.75. The topological polar surface area (TPSA) is 50.9 Å². The van der Waals surface area contributed by atoms with Gasteiger partial charge >= 0.3 is 0 Å². The van der Waals surface area contributed by atoms with Gasteiger partial charge in [0.1, 0.15) is 12.4 Å². The predicted molar refractivity (Wildman–Crippen MR) is 71.2 cm³/mol. The maximum Gasteiger partial charge on any atom is 0.159 e. The zero-order valence-electron chi connectivity index (χ0n) is 11.6. The van der Waals surface area contributed by atoms with E-state index in [1.165, 1.54) is 38.5 Å². The molecule has 2 rings (SSSR count). The van der Waals surface area contributed by atoms with Gasteiger partial charge in [0.2, 0.25) is 0 Å². The van der Waals surface area contributed by atoms with Crippen molar-refractivity contribution >= 4 is 0 Å². The summed E-state index contributed by atoms with van der Waals surface area (Å²) >= 11 is 0. The van der Waals surface area contributed by atoms with Crippen LogP contribution in [0.25, 0.3) is 0 Å². The molecule has 0 saturated heterocycles. The second-order valence-corrected chi connectivity index (χ2v) is 5.70. The molecule has 0 aliphatic heterocycles. The van der Waals surface area contributed by atoms with Crippen molar-refractivity contribution in [3.8, 4) is 0 Å². The lowest BCUT2D eigenvalue weighted by Gasteiger charge is -2.21. The van der Waals surface area contributed by atoms with Crippen LogP contribution in [0.3, 0.4) is 0 Å². The van der Waals surface area contributed by atoms with Crippen molar-refractivity contribution in [1.29, 1.82) is 0 Å². The molecule has 0 unspecified atom stereocenters. The smallest absolute Gasteiger partial charge is 0.159 e. The summed E-state index contributed by atoms with van der Waals surface area (Å²) in [7, 11) is 0. The van der Waals surface area contributed by atoms with Gasteiger partial charge in [0.05, 0.1) is 0 Å². The van der Waals surface area contributed by atoms with Gasteiger partial charge in [0.15, 0.2) is 5.82 Å². The Bertz CT molecular complexity index is 367. The highest BCUT2D eigenvalue weighted by atomic mass is 16.3. The van der Waals surface area contributed by atoms with Gasteiger partial charge in [-0.2, -0.15) is 0 Å². The number of aromatic nitrogens is 3. The van der Waals surface area contributed by atoms with Crippen molar-refractivity contribution in [3.05, 3.63) is 11.6 Å². The first-order valence-electron chi connectivity index (χ1n) is 7.26. The molecular weight excluding hydrogens is 226 g/mol. The third-order valence-corrected chi connectivity index (χ3v) is 4.00. The van der Waals surface area contributed by atoms with E-state index in [4.69, 9.17) is 0 Å². The van der Waals surface area contributed by atoms with Crippen molar-refractivity contribution in [3.63, 3.8) is 0 Å². The molecule has 0 amide bonds. The summed E-state index contributed by atoms with van der Waals surface area (Å²) in [5, 5.41) is 17.6. The molecule has 18 heavy (non-hydrogen) atoms. The van der Waals surface area contributed by atoms with Crippen LogP contribution in [-0.2, 0) is 13.0 Å². The summed E-state index contributed by atoms with van der Waals surface area (Å²) in [5.74, 6) is 2.61. The second kappa shape index (κ2) is 6.32. The van der Waals surface area contributed by atoms with Gasteiger partial charge < -0.3 is 9.67 Å². The molecule has 4 heteroatoms. The van der Waals surface area contributed by atoms with E-state index in [1.54, 1.807) is 0 Å². The first-order chi connectivity index (χ1) is 8.72. The molecule has 0 radical (unpaired) electrons. The molecule has 0 bridgehead atoms. The number of aliphatic hydroxyl groups is 1. The van der Waals surface area contributed by atoms with Crippen molar-refractivity contribution in [2.45, 2.75) is 71.4 Å². The standard InChI is InChI=1S/C14H25N3O/c1-11(2)17-13(15-16-14(17)10-18)9-8-12-6-4-3-5-7-12/h11-12,18H,3-10H2,1-2H3. The van der Waals surface area contributed by atoms with Crippen LogP contribution in [-0.4, -0.2) is 19.9 Å². The monoisotopic (exact) mass is 251 g/mol. The minimum atomic E-state index is -0.0192. The minimum absolute atomic E-state index is 0.0192. The highest BCUT2D eigenvalue weighted by Crippen LogP contribution is 2.27. The van der Waals surface area contributed by atoms with Gasteiger partial charge in [-0.25, -0.2) is 0 Å². The van der Waals surface area contributed by atoms with Gasteiger partial charge in [-0.15, -0.1) is 10.2 Å². The molecule has 1 aliphatic carbocycles. The fourth-order valence-corrected chi connectivity index (χ4v) is 3.04. The average molecular weight is 251 g/mol. The van der Waals surface area contributed by atoms with Crippen molar-refractivity contribution in [1.82, 2.24) is 14.8 Å². The highest BCUT2D eigenvalue weighted by molar-refractivity contribution is 4.97.